The van der Waals surface area contributed by atoms with Crippen LogP contribution in [-0.4, -0.2) is 54.5 Å². The Balaban J connectivity index is 1.57. The Kier molecular flexibility index (Phi) is 5.94. The first-order chi connectivity index (χ1) is 12.2. The molecule has 25 heavy (non-hydrogen) atoms. The lowest BCUT2D eigenvalue weighted by Gasteiger charge is -2.21. The van der Waals surface area contributed by atoms with E-state index < -0.39 is 0 Å². The zero-order valence-electron chi connectivity index (χ0n) is 14.7. The van der Waals surface area contributed by atoms with Crippen molar-refractivity contribution < 1.29 is 4.74 Å². The quantitative estimate of drug-likeness (QED) is 0.657. The van der Waals surface area contributed by atoms with Crippen molar-refractivity contribution in [3.63, 3.8) is 0 Å². The van der Waals surface area contributed by atoms with Crippen molar-refractivity contribution >= 4 is 17.6 Å². The van der Waals surface area contributed by atoms with Gasteiger partial charge in [-0.15, -0.1) is 0 Å². The molecule has 1 aromatic heterocycles. The number of methoxy groups -OCH3 is 1. The number of halogens is 1. The van der Waals surface area contributed by atoms with Crippen molar-refractivity contribution in [3.8, 4) is 5.69 Å². The highest BCUT2D eigenvalue weighted by molar-refractivity contribution is 6.30. The van der Waals surface area contributed by atoms with Crippen LogP contribution in [-0.2, 0) is 11.3 Å². The number of aliphatic imine (C=N–C) groups is 1. The van der Waals surface area contributed by atoms with Gasteiger partial charge in [-0.05, 0) is 30.7 Å². The number of nitrogens with one attached hydrogen (secondary N) is 1. The van der Waals surface area contributed by atoms with Crippen molar-refractivity contribution in [1.82, 2.24) is 20.0 Å². The summed E-state index contributed by atoms with van der Waals surface area (Å²) in [6, 6.07) is 7.63. The van der Waals surface area contributed by atoms with E-state index in [1.54, 1.807) is 7.11 Å². The summed E-state index contributed by atoms with van der Waals surface area (Å²) in [5, 5.41) is 8.56. The van der Waals surface area contributed by atoms with Gasteiger partial charge in [0.25, 0.3) is 0 Å². The van der Waals surface area contributed by atoms with Gasteiger partial charge in [-0.25, -0.2) is 4.68 Å². The molecule has 7 heteroatoms. The highest BCUT2D eigenvalue weighted by Gasteiger charge is 2.24. The molecular weight excluding hydrogens is 338 g/mol. The SMILES string of the molecule is CN=C(NCc1cnn(-c2ccc(Cl)cc2)c1)N1CCC(COC)C1. The molecule has 1 atom stereocenters. The van der Waals surface area contributed by atoms with Gasteiger partial charge in [-0.3, -0.25) is 4.99 Å². The minimum Gasteiger partial charge on any atom is -0.384 e. The Morgan fingerprint density at radius 3 is 2.92 bits per heavy atom. The van der Waals surface area contributed by atoms with Crippen LogP contribution in [0.4, 0.5) is 0 Å². The molecule has 1 aliphatic heterocycles. The number of benzene rings is 1. The standard InChI is InChI=1S/C18H24ClN5O/c1-20-18(23-8-7-14(11-23)13-25-2)21-9-15-10-22-24(12-15)17-5-3-16(19)4-6-17/h3-6,10,12,14H,7-9,11,13H2,1-2H3,(H,20,21). The smallest absolute Gasteiger partial charge is 0.193 e. The van der Waals surface area contributed by atoms with Crippen LogP contribution in [0.5, 0.6) is 0 Å². The average molecular weight is 362 g/mol. The van der Waals surface area contributed by atoms with Gasteiger partial charge in [0.2, 0.25) is 0 Å². The predicted octanol–water partition coefficient (Wildman–Crippen LogP) is 2.57. The minimum absolute atomic E-state index is 0.580. The summed E-state index contributed by atoms with van der Waals surface area (Å²) in [5.74, 6) is 1.51. The van der Waals surface area contributed by atoms with Crippen molar-refractivity contribution in [2.75, 3.05) is 33.9 Å². The van der Waals surface area contributed by atoms with Crippen molar-refractivity contribution in [2.24, 2.45) is 10.9 Å². The number of guanidine groups is 1. The zero-order valence-corrected chi connectivity index (χ0v) is 15.4. The fourth-order valence-corrected chi connectivity index (χ4v) is 3.22. The van der Waals surface area contributed by atoms with Gasteiger partial charge in [-0.2, -0.15) is 5.10 Å². The predicted molar refractivity (Wildman–Crippen MR) is 100 cm³/mol. The normalized spacial score (nSPS) is 18.0. The van der Waals surface area contributed by atoms with E-state index in [1.165, 1.54) is 0 Å². The molecule has 0 saturated carbocycles. The van der Waals surface area contributed by atoms with E-state index in [-0.39, 0.29) is 0 Å². The van der Waals surface area contributed by atoms with Crippen LogP contribution in [0.25, 0.3) is 5.69 Å². The number of hydrogen-bond donors (Lipinski definition) is 1. The molecule has 1 aromatic carbocycles. The largest absolute Gasteiger partial charge is 0.384 e. The number of ether oxygens (including phenoxy) is 1. The van der Waals surface area contributed by atoms with Gasteiger partial charge in [0.05, 0.1) is 18.5 Å². The first-order valence-electron chi connectivity index (χ1n) is 8.43. The number of rotatable bonds is 5. The third kappa shape index (κ3) is 4.52. The number of nitrogens with zero attached hydrogens (tertiary/aromatic N) is 4. The fourth-order valence-electron chi connectivity index (χ4n) is 3.10. The van der Waals surface area contributed by atoms with E-state index in [4.69, 9.17) is 16.3 Å². The Bertz CT molecular complexity index is 713. The van der Waals surface area contributed by atoms with Crippen molar-refractivity contribution in [3.05, 3.63) is 47.2 Å². The second-order valence-corrected chi connectivity index (χ2v) is 6.66. The molecule has 1 unspecified atom stereocenters. The Morgan fingerprint density at radius 2 is 2.20 bits per heavy atom. The molecule has 1 N–H and O–H groups in total. The lowest BCUT2D eigenvalue weighted by Crippen LogP contribution is -2.39. The molecule has 0 aliphatic carbocycles. The summed E-state index contributed by atoms with van der Waals surface area (Å²) < 4.78 is 7.11. The van der Waals surface area contributed by atoms with Crippen LogP contribution in [0.3, 0.4) is 0 Å². The molecule has 134 valence electrons. The number of aromatic nitrogens is 2. The van der Waals surface area contributed by atoms with E-state index >= 15 is 0 Å². The maximum Gasteiger partial charge on any atom is 0.193 e. The highest BCUT2D eigenvalue weighted by Crippen LogP contribution is 2.17. The molecule has 0 spiro atoms. The van der Waals surface area contributed by atoms with Crippen LogP contribution < -0.4 is 5.32 Å². The second kappa shape index (κ2) is 8.36. The molecule has 0 bridgehead atoms. The monoisotopic (exact) mass is 361 g/mol. The van der Waals surface area contributed by atoms with E-state index in [0.29, 0.717) is 12.5 Å². The molecule has 2 heterocycles. The van der Waals surface area contributed by atoms with Gasteiger partial charge in [0.15, 0.2) is 5.96 Å². The van der Waals surface area contributed by atoms with Gasteiger partial charge in [0.1, 0.15) is 0 Å². The highest BCUT2D eigenvalue weighted by atomic mass is 35.5. The topological polar surface area (TPSA) is 54.7 Å². The molecule has 1 fully saturated rings. The zero-order chi connectivity index (χ0) is 17.6. The second-order valence-electron chi connectivity index (χ2n) is 6.23. The summed E-state index contributed by atoms with van der Waals surface area (Å²) in [6.07, 6.45) is 5.02. The first-order valence-corrected chi connectivity index (χ1v) is 8.81. The van der Waals surface area contributed by atoms with E-state index in [9.17, 15) is 0 Å². The first kappa shape index (κ1) is 17.8. The molecule has 0 radical (unpaired) electrons. The summed E-state index contributed by atoms with van der Waals surface area (Å²) >= 11 is 5.93. The maximum atomic E-state index is 5.93. The molecular formula is C18H24ClN5O. The molecule has 0 amide bonds. The van der Waals surface area contributed by atoms with Crippen LogP contribution in [0.1, 0.15) is 12.0 Å². The Labute approximate surface area is 153 Å². The Morgan fingerprint density at radius 1 is 1.40 bits per heavy atom. The third-order valence-corrected chi connectivity index (χ3v) is 4.63. The number of hydrogen-bond acceptors (Lipinski definition) is 3. The van der Waals surface area contributed by atoms with E-state index in [1.807, 2.05) is 48.4 Å². The average Bonchev–Trinajstić information content (AvgIpc) is 3.27. The van der Waals surface area contributed by atoms with Crippen LogP contribution >= 0.6 is 11.6 Å². The van der Waals surface area contributed by atoms with E-state index in [2.05, 4.69) is 20.3 Å². The number of likely N-dealkylation sites (tertiary alicyclic amines) is 1. The molecule has 1 saturated heterocycles. The molecule has 3 rings (SSSR count). The Hall–Kier alpha value is -2.05. The van der Waals surface area contributed by atoms with Gasteiger partial charge in [-0.1, -0.05) is 11.6 Å². The third-order valence-electron chi connectivity index (χ3n) is 4.38. The molecule has 2 aromatic rings. The maximum absolute atomic E-state index is 5.93. The summed E-state index contributed by atoms with van der Waals surface area (Å²) in [5.41, 5.74) is 2.09. The van der Waals surface area contributed by atoms with Crippen LogP contribution in [0, 0.1) is 5.92 Å². The molecule has 1 aliphatic rings. The van der Waals surface area contributed by atoms with Crippen molar-refractivity contribution in [2.45, 2.75) is 13.0 Å². The van der Waals surface area contributed by atoms with Gasteiger partial charge in [0, 0.05) is 56.5 Å². The van der Waals surface area contributed by atoms with Crippen LogP contribution in [0.2, 0.25) is 5.02 Å². The lowest BCUT2D eigenvalue weighted by molar-refractivity contribution is 0.157. The van der Waals surface area contributed by atoms with E-state index in [0.717, 1.165) is 48.4 Å². The van der Waals surface area contributed by atoms with Crippen LogP contribution in [0.15, 0.2) is 41.7 Å². The molecule has 6 nitrogen and oxygen atoms in total. The minimum atomic E-state index is 0.580. The summed E-state index contributed by atoms with van der Waals surface area (Å²) in [7, 11) is 3.58. The fraction of sp³-hybridized carbons (Fsp3) is 0.444. The summed E-state index contributed by atoms with van der Waals surface area (Å²) in [6.45, 7) is 3.49. The van der Waals surface area contributed by atoms with Gasteiger partial charge >= 0.3 is 0 Å². The lowest BCUT2D eigenvalue weighted by atomic mass is 10.1. The summed E-state index contributed by atoms with van der Waals surface area (Å²) in [4.78, 5) is 6.69. The van der Waals surface area contributed by atoms with Crippen molar-refractivity contribution in [1.29, 1.82) is 0 Å². The van der Waals surface area contributed by atoms with Gasteiger partial charge < -0.3 is 15.0 Å².